The van der Waals surface area contributed by atoms with Crippen molar-refractivity contribution in [2.24, 2.45) is 0 Å². The van der Waals surface area contributed by atoms with Gasteiger partial charge in [0.15, 0.2) is 6.20 Å². The third-order valence-corrected chi connectivity index (χ3v) is 3.82. The van der Waals surface area contributed by atoms with Crippen LogP contribution in [0.25, 0.3) is 10.8 Å². The van der Waals surface area contributed by atoms with E-state index in [0.29, 0.717) is 6.42 Å². The van der Waals surface area contributed by atoms with E-state index in [1.807, 2.05) is 36.5 Å². The highest BCUT2D eigenvalue weighted by Gasteiger charge is 2.39. The molecule has 5 heteroatoms. The van der Waals surface area contributed by atoms with E-state index in [9.17, 15) is 15.3 Å². The summed E-state index contributed by atoms with van der Waals surface area (Å²) in [4.78, 5) is 3.16. The maximum atomic E-state index is 9.93. The number of hydrogen-bond donors (Lipinski definition) is 3. The normalized spacial score (nSPS) is 30.6. The maximum absolute atomic E-state index is 9.93. The number of hydrogen-bond acceptors (Lipinski definition) is 4. The number of pyridine rings is 1. The molecule has 5 nitrogen and oxygen atoms in total. The van der Waals surface area contributed by atoms with E-state index < -0.39 is 18.3 Å². The molecule has 0 unspecified atom stereocenters. The van der Waals surface area contributed by atoms with Crippen molar-refractivity contribution < 1.29 is 25.0 Å². The minimum atomic E-state index is -1.05. The van der Waals surface area contributed by atoms with Crippen LogP contribution >= 0.6 is 0 Å². The molecule has 1 fully saturated rings. The van der Waals surface area contributed by atoms with Gasteiger partial charge in [0.25, 0.3) is 0 Å². The summed E-state index contributed by atoms with van der Waals surface area (Å²) >= 11 is 0. The Hall–Kier alpha value is -1.53. The molecule has 0 aliphatic carbocycles. The Bertz CT molecular complexity index is 598. The fraction of sp³-hybridized carbons (Fsp3) is 0.400. The van der Waals surface area contributed by atoms with Gasteiger partial charge in [-0.15, -0.1) is 0 Å². The van der Waals surface area contributed by atoms with Gasteiger partial charge in [0.2, 0.25) is 5.69 Å². The summed E-state index contributed by atoms with van der Waals surface area (Å²) in [6, 6.07) is 9.86. The van der Waals surface area contributed by atoms with Crippen LogP contribution in [-0.4, -0.2) is 40.2 Å². The smallest absolute Gasteiger partial charge is 0.216 e. The molecule has 0 spiro atoms. The third-order valence-electron chi connectivity index (χ3n) is 3.82. The summed E-state index contributed by atoms with van der Waals surface area (Å²) in [6.07, 6.45) is -0.980. The number of fused-ring (bicyclic) bond motifs is 1. The number of rotatable bonds is 2. The van der Waals surface area contributed by atoms with Gasteiger partial charge in [0, 0.05) is 12.5 Å². The highest BCUT2D eigenvalue weighted by Crippen LogP contribution is 2.32. The quantitative estimate of drug-likeness (QED) is 0.731. The minimum absolute atomic E-state index is 0.294. The molecule has 0 saturated carbocycles. The number of aromatic amines is 1. The van der Waals surface area contributed by atoms with Crippen LogP contribution in [0.1, 0.15) is 18.2 Å². The summed E-state index contributed by atoms with van der Waals surface area (Å²) < 4.78 is 5.72. The molecule has 1 aromatic heterocycles. The molecule has 0 bridgehead atoms. The fourth-order valence-electron chi connectivity index (χ4n) is 2.74. The fourth-order valence-corrected chi connectivity index (χ4v) is 2.74. The van der Waals surface area contributed by atoms with Crippen LogP contribution in [0.4, 0.5) is 0 Å². The maximum Gasteiger partial charge on any atom is 0.216 e. The molecule has 4 atom stereocenters. The predicted octanol–water partition coefficient (Wildman–Crippen LogP) is 0.198. The summed E-state index contributed by atoms with van der Waals surface area (Å²) in [5.74, 6) is 0. The van der Waals surface area contributed by atoms with Gasteiger partial charge in [0.1, 0.15) is 18.3 Å². The number of H-pyrrole nitrogens is 1. The van der Waals surface area contributed by atoms with Crippen molar-refractivity contribution >= 4 is 10.8 Å². The molecule has 1 aliphatic heterocycles. The average molecular weight is 276 g/mol. The minimum Gasteiger partial charge on any atom is -0.394 e. The van der Waals surface area contributed by atoms with E-state index in [0.717, 1.165) is 16.5 Å². The molecule has 1 aromatic carbocycles. The molecular weight excluding hydrogens is 258 g/mol. The van der Waals surface area contributed by atoms with Crippen molar-refractivity contribution in [3.8, 4) is 0 Å². The van der Waals surface area contributed by atoms with E-state index in [1.54, 1.807) is 0 Å². The van der Waals surface area contributed by atoms with Crippen molar-refractivity contribution in [3.63, 3.8) is 0 Å². The lowest BCUT2D eigenvalue weighted by Crippen LogP contribution is -2.48. The number of aromatic nitrogens is 1. The Labute approximate surface area is 116 Å². The Kier molecular flexibility index (Phi) is 3.67. The van der Waals surface area contributed by atoms with Gasteiger partial charge in [-0.05, 0) is 11.5 Å². The van der Waals surface area contributed by atoms with Crippen molar-refractivity contribution in [1.82, 2.24) is 0 Å². The molecule has 0 amide bonds. The lowest BCUT2D eigenvalue weighted by atomic mass is 9.94. The van der Waals surface area contributed by atoms with Crippen LogP contribution in [0.5, 0.6) is 0 Å². The summed E-state index contributed by atoms with van der Waals surface area (Å²) in [5.41, 5.74) is 0.854. The van der Waals surface area contributed by atoms with Gasteiger partial charge in [-0.2, -0.15) is 0 Å². The van der Waals surface area contributed by atoms with E-state index in [2.05, 4.69) is 4.98 Å². The Balaban J connectivity index is 1.99. The zero-order chi connectivity index (χ0) is 14.1. The molecule has 1 aliphatic rings. The molecule has 2 aromatic rings. The van der Waals surface area contributed by atoms with Crippen molar-refractivity contribution in [3.05, 3.63) is 42.2 Å². The average Bonchev–Trinajstić information content (AvgIpc) is 2.49. The summed E-state index contributed by atoms with van der Waals surface area (Å²) in [5, 5.41) is 31.0. The number of benzene rings is 1. The Morgan fingerprint density at radius 1 is 1.20 bits per heavy atom. The van der Waals surface area contributed by atoms with Crippen molar-refractivity contribution in [2.75, 3.05) is 6.61 Å². The van der Waals surface area contributed by atoms with Crippen molar-refractivity contribution in [2.45, 2.75) is 30.8 Å². The SMILES string of the molecule is OC[C@H]1O[C@H](c2[nH+]ccc3ccccc23)C[C@@H](O)[C@@H]1O. The van der Waals surface area contributed by atoms with Crippen LogP contribution in [0, 0.1) is 0 Å². The number of ether oxygens (including phenoxy) is 1. The molecule has 3 rings (SSSR count). The van der Waals surface area contributed by atoms with Crippen LogP contribution in [0.3, 0.4) is 0 Å². The van der Waals surface area contributed by atoms with Gasteiger partial charge in [-0.1, -0.05) is 18.2 Å². The lowest BCUT2D eigenvalue weighted by molar-refractivity contribution is -0.403. The Morgan fingerprint density at radius 2 is 2.00 bits per heavy atom. The second kappa shape index (κ2) is 5.46. The van der Waals surface area contributed by atoms with E-state index >= 15 is 0 Å². The van der Waals surface area contributed by atoms with Gasteiger partial charge in [-0.3, -0.25) is 0 Å². The Morgan fingerprint density at radius 3 is 2.80 bits per heavy atom. The van der Waals surface area contributed by atoms with Crippen LogP contribution < -0.4 is 4.98 Å². The predicted molar refractivity (Wildman–Crippen MR) is 71.8 cm³/mol. The molecule has 4 N–H and O–H groups in total. The van der Waals surface area contributed by atoms with Gasteiger partial charge >= 0.3 is 0 Å². The molecular formula is C15H18NO4+. The van der Waals surface area contributed by atoms with E-state index in [1.165, 1.54) is 0 Å². The highest BCUT2D eigenvalue weighted by atomic mass is 16.5. The highest BCUT2D eigenvalue weighted by molar-refractivity contribution is 5.83. The van der Waals surface area contributed by atoms with Crippen molar-refractivity contribution in [1.29, 1.82) is 0 Å². The number of aliphatic hydroxyl groups is 3. The van der Waals surface area contributed by atoms with E-state index in [4.69, 9.17) is 4.74 Å². The monoisotopic (exact) mass is 276 g/mol. The van der Waals surface area contributed by atoms with Gasteiger partial charge < -0.3 is 20.1 Å². The van der Waals surface area contributed by atoms with Crippen LogP contribution in [0.15, 0.2) is 36.5 Å². The molecule has 2 heterocycles. The topological polar surface area (TPSA) is 84.1 Å². The lowest BCUT2D eigenvalue weighted by Gasteiger charge is -2.34. The molecule has 106 valence electrons. The molecule has 1 saturated heterocycles. The van der Waals surface area contributed by atoms with Crippen LogP contribution in [-0.2, 0) is 4.74 Å². The van der Waals surface area contributed by atoms with E-state index in [-0.39, 0.29) is 12.7 Å². The first kappa shape index (κ1) is 13.5. The summed E-state index contributed by atoms with van der Waals surface area (Å²) in [7, 11) is 0. The first-order valence-corrected chi connectivity index (χ1v) is 6.72. The number of aliphatic hydroxyl groups excluding tert-OH is 3. The molecule has 20 heavy (non-hydrogen) atoms. The first-order chi connectivity index (χ1) is 9.70. The first-order valence-electron chi connectivity index (χ1n) is 6.72. The summed E-state index contributed by atoms with van der Waals surface area (Å²) in [6.45, 7) is -0.320. The largest absolute Gasteiger partial charge is 0.394 e. The zero-order valence-electron chi connectivity index (χ0n) is 10.9. The second-order valence-corrected chi connectivity index (χ2v) is 5.12. The number of nitrogens with one attached hydrogen (secondary N) is 1. The molecule has 0 radical (unpaired) electrons. The standard InChI is InChI=1S/C15H17NO4/c17-8-13-15(19)11(18)7-12(20-13)14-10-4-2-1-3-9(10)5-6-16-14/h1-6,11-13,15,17-19H,7-8H2/p+1/t11-,12+,13-,15+/m1/s1. The third kappa shape index (κ3) is 2.29. The van der Waals surface area contributed by atoms with Crippen LogP contribution in [0.2, 0.25) is 0 Å². The van der Waals surface area contributed by atoms with Gasteiger partial charge in [0.05, 0.1) is 18.1 Å². The van der Waals surface area contributed by atoms with Gasteiger partial charge in [-0.25, -0.2) is 4.98 Å². The second-order valence-electron chi connectivity index (χ2n) is 5.12. The zero-order valence-corrected chi connectivity index (χ0v) is 10.9.